The van der Waals surface area contributed by atoms with Gasteiger partial charge in [0.2, 0.25) is 0 Å². The summed E-state index contributed by atoms with van der Waals surface area (Å²) in [5.74, 6) is -0.941. The third kappa shape index (κ3) is 53.2. The molecule has 0 aliphatic heterocycles. The average Bonchev–Trinajstić information content (AvgIpc) is 3.33. The zero-order valence-electron chi connectivity index (χ0n) is 43.6. The molecule has 0 rings (SSSR count). The summed E-state index contributed by atoms with van der Waals surface area (Å²) in [6.07, 6.45) is 72.5. The standard InChI is InChI=1S/C61H102O6/c1-4-7-10-13-16-19-22-24-26-28-30-32-34-36-39-42-45-48-51-54-60(63)66-57-58(56-65-59(62)53-50-47-44-41-38-21-18-15-12-9-6-3)67-61(64)55-52-49-46-43-40-37-35-33-31-29-27-25-23-20-17-14-11-8-5-2/h7,10,15-20,24-27,30,32,36,39,58H,4-6,8-9,11-14,21-23,28-29,31,33-35,37-38,40-57H2,1-3H3/b10-7-,18-15-,19-16-,20-17-,26-24-,27-25-,32-30-,39-36-/t58-/m0/s1. The maximum atomic E-state index is 12.8. The van der Waals surface area contributed by atoms with E-state index in [2.05, 4.69) is 118 Å². The molecule has 0 aliphatic carbocycles. The first-order valence-corrected chi connectivity index (χ1v) is 27.7. The van der Waals surface area contributed by atoms with Crippen molar-refractivity contribution in [2.75, 3.05) is 13.2 Å². The fourth-order valence-electron chi connectivity index (χ4n) is 7.36. The highest BCUT2D eigenvalue weighted by Crippen LogP contribution is 2.14. The van der Waals surface area contributed by atoms with Gasteiger partial charge in [-0.25, -0.2) is 0 Å². The molecular formula is C61H102O6. The van der Waals surface area contributed by atoms with E-state index in [1.54, 1.807) is 0 Å². The van der Waals surface area contributed by atoms with Crippen LogP contribution in [0.4, 0.5) is 0 Å². The van der Waals surface area contributed by atoms with Crippen LogP contribution in [0.25, 0.3) is 0 Å². The van der Waals surface area contributed by atoms with E-state index in [4.69, 9.17) is 14.2 Å². The van der Waals surface area contributed by atoms with E-state index < -0.39 is 6.10 Å². The summed E-state index contributed by atoms with van der Waals surface area (Å²) in [5.41, 5.74) is 0. The van der Waals surface area contributed by atoms with Gasteiger partial charge in [0.1, 0.15) is 13.2 Å². The second-order valence-corrected chi connectivity index (χ2v) is 18.1. The van der Waals surface area contributed by atoms with Gasteiger partial charge in [0.25, 0.3) is 0 Å². The lowest BCUT2D eigenvalue weighted by Gasteiger charge is -2.18. The van der Waals surface area contributed by atoms with E-state index in [0.717, 1.165) is 116 Å². The summed E-state index contributed by atoms with van der Waals surface area (Å²) in [6, 6.07) is 0. The first-order chi connectivity index (χ1) is 33.0. The minimum absolute atomic E-state index is 0.0949. The highest BCUT2D eigenvalue weighted by atomic mass is 16.6. The van der Waals surface area contributed by atoms with Gasteiger partial charge >= 0.3 is 17.9 Å². The van der Waals surface area contributed by atoms with Crippen molar-refractivity contribution >= 4 is 17.9 Å². The van der Waals surface area contributed by atoms with Crippen LogP contribution >= 0.6 is 0 Å². The molecule has 0 saturated carbocycles. The average molecular weight is 931 g/mol. The molecule has 0 heterocycles. The molecule has 0 aromatic carbocycles. The Bertz CT molecular complexity index is 1350. The molecule has 0 saturated heterocycles. The largest absolute Gasteiger partial charge is 0.462 e. The second kappa shape index (κ2) is 54.9. The molecule has 0 N–H and O–H groups in total. The van der Waals surface area contributed by atoms with Gasteiger partial charge in [0.15, 0.2) is 6.10 Å². The molecule has 6 heteroatoms. The van der Waals surface area contributed by atoms with Crippen molar-refractivity contribution in [3.05, 3.63) is 97.2 Å². The van der Waals surface area contributed by atoms with E-state index in [1.807, 2.05) is 0 Å². The number of carbonyl (C=O) groups excluding carboxylic acids is 3. The first kappa shape index (κ1) is 63.3. The van der Waals surface area contributed by atoms with Gasteiger partial charge < -0.3 is 14.2 Å². The Morgan fingerprint density at radius 1 is 0.313 bits per heavy atom. The van der Waals surface area contributed by atoms with Crippen LogP contribution in [0.1, 0.15) is 252 Å². The van der Waals surface area contributed by atoms with Gasteiger partial charge in [-0.05, 0) is 116 Å². The van der Waals surface area contributed by atoms with E-state index in [0.29, 0.717) is 19.3 Å². The molecule has 0 amide bonds. The number of esters is 3. The summed E-state index contributed by atoms with van der Waals surface area (Å²) >= 11 is 0. The smallest absolute Gasteiger partial charge is 0.306 e. The predicted molar refractivity (Wildman–Crippen MR) is 288 cm³/mol. The van der Waals surface area contributed by atoms with Crippen molar-refractivity contribution in [1.29, 1.82) is 0 Å². The minimum atomic E-state index is -0.797. The van der Waals surface area contributed by atoms with Gasteiger partial charge in [-0.3, -0.25) is 14.4 Å². The monoisotopic (exact) mass is 931 g/mol. The van der Waals surface area contributed by atoms with Gasteiger partial charge in [-0.15, -0.1) is 0 Å². The van der Waals surface area contributed by atoms with Crippen LogP contribution in [0.2, 0.25) is 0 Å². The zero-order valence-corrected chi connectivity index (χ0v) is 43.6. The zero-order chi connectivity index (χ0) is 48.6. The maximum absolute atomic E-state index is 12.8. The molecule has 0 aromatic rings. The Morgan fingerprint density at radius 2 is 0.597 bits per heavy atom. The quantitative estimate of drug-likeness (QED) is 0.0262. The lowest BCUT2D eigenvalue weighted by molar-refractivity contribution is -0.167. The number of carbonyl (C=O) groups is 3. The van der Waals surface area contributed by atoms with Crippen molar-refractivity contribution < 1.29 is 28.6 Å². The fourth-order valence-corrected chi connectivity index (χ4v) is 7.36. The van der Waals surface area contributed by atoms with Crippen molar-refractivity contribution in [2.45, 2.75) is 258 Å². The number of rotatable bonds is 49. The first-order valence-electron chi connectivity index (χ1n) is 27.7. The van der Waals surface area contributed by atoms with E-state index in [9.17, 15) is 14.4 Å². The predicted octanol–water partition coefficient (Wildman–Crippen LogP) is 18.5. The van der Waals surface area contributed by atoms with Crippen LogP contribution in [0.5, 0.6) is 0 Å². The molecule has 382 valence electrons. The summed E-state index contributed by atoms with van der Waals surface area (Å²) in [5, 5.41) is 0. The topological polar surface area (TPSA) is 78.9 Å². The van der Waals surface area contributed by atoms with Gasteiger partial charge in [-0.1, -0.05) is 214 Å². The van der Waals surface area contributed by atoms with Gasteiger partial charge in [0.05, 0.1) is 0 Å². The molecule has 6 nitrogen and oxygen atoms in total. The van der Waals surface area contributed by atoms with Gasteiger partial charge in [-0.2, -0.15) is 0 Å². The molecular weight excluding hydrogens is 829 g/mol. The van der Waals surface area contributed by atoms with E-state index >= 15 is 0 Å². The van der Waals surface area contributed by atoms with Crippen molar-refractivity contribution in [1.82, 2.24) is 0 Å². The van der Waals surface area contributed by atoms with Crippen molar-refractivity contribution in [2.24, 2.45) is 0 Å². The van der Waals surface area contributed by atoms with E-state index in [1.165, 1.54) is 96.3 Å². The van der Waals surface area contributed by atoms with Crippen LogP contribution in [0.15, 0.2) is 97.2 Å². The van der Waals surface area contributed by atoms with E-state index in [-0.39, 0.29) is 31.1 Å². The molecule has 0 spiro atoms. The molecule has 1 atom stereocenters. The summed E-state index contributed by atoms with van der Waals surface area (Å²) in [4.78, 5) is 38.1. The Hall–Kier alpha value is -3.67. The maximum Gasteiger partial charge on any atom is 0.306 e. The summed E-state index contributed by atoms with van der Waals surface area (Å²) in [7, 11) is 0. The summed E-state index contributed by atoms with van der Waals surface area (Å²) in [6.45, 7) is 6.42. The molecule has 0 radical (unpaired) electrons. The Kier molecular flexibility index (Phi) is 51.9. The lowest BCUT2D eigenvalue weighted by atomic mass is 10.1. The number of ether oxygens (including phenoxy) is 3. The number of unbranched alkanes of at least 4 members (excludes halogenated alkanes) is 22. The molecule has 0 aliphatic rings. The SMILES string of the molecule is CC/C=C\C/C=C\C/C=C\C/C=C\C/C=C\CCCCCC(=O)OC[C@H](COC(=O)CCCCCCC/C=C\CCCC)OC(=O)CCCCCCCCCCC/C=C\C/C=C\CCCCC. The van der Waals surface area contributed by atoms with Gasteiger partial charge in [0, 0.05) is 19.3 Å². The van der Waals surface area contributed by atoms with Crippen LogP contribution in [0.3, 0.4) is 0 Å². The van der Waals surface area contributed by atoms with Crippen molar-refractivity contribution in [3.8, 4) is 0 Å². The Balaban J connectivity index is 4.42. The highest BCUT2D eigenvalue weighted by molar-refractivity contribution is 5.71. The van der Waals surface area contributed by atoms with Crippen molar-refractivity contribution in [3.63, 3.8) is 0 Å². The van der Waals surface area contributed by atoms with Crippen LogP contribution in [0, 0.1) is 0 Å². The fraction of sp³-hybridized carbons (Fsp3) is 0.689. The molecule has 0 aromatic heterocycles. The molecule has 0 bridgehead atoms. The Labute approximate surface area is 413 Å². The van der Waals surface area contributed by atoms with Crippen LogP contribution in [-0.2, 0) is 28.6 Å². The summed E-state index contributed by atoms with van der Waals surface area (Å²) < 4.78 is 16.8. The Morgan fingerprint density at radius 3 is 0.985 bits per heavy atom. The molecule has 0 unspecified atom stereocenters. The number of hydrogen-bond acceptors (Lipinski definition) is 6. The van der Waals surface area contributed by atoms with Crippen LogP contribution < -0.4 is 0 Å². The third-order valence-corrected chi connectivity index (χ3v) is 11.5. The normalized spacial score (nSPS) is 12.8. The molecule has 0 fully saturated rings. The van der Waals surface area contributed by atoms with Crippen LogP contribution in [-0.4, -0.2) is 37.2 Å². The number of allylic oxidation sites excluding steroid dienone is 16. The third-order valence-electron chi connectivity index (χ3n) is 11.5. The molecule has 67 heavy (non-hydrogen) atoms. The number of hydrogen-bond donors (Lipinski definition) is 0. The minimum Gasteiger partial charge on any atom is -0.462 e. The highest BCUT2D eigenvalue weighted by Gasteiger charge is 2.19. The second-order valence-electron chi connectivity index (χ2n) is 18.1. The lowest BCUT2D eigenvalue weighted by Crippen LogP contribution is -2.30.